The lowest BCUT2D eigenvalue weighted by Crippen LogP contribution is -2.59. The van der Waals surface area contributed by atoms with Crippen LogP contribution in [-0.4, -0.2) is 111 Å². The fraction of sp³-hybridized carbons (Fsp3) is 0.737. The summed E-state index contributed by atoms with van der Waals surface area (Å²) in [6, 6.07) is 1.57. The molecule has 0 spiro atoms. The smallest absolute Gasteiger partial charge is 0.245 e. The van der Waals surface area contributed by atoms with Crippen molar-refractivity contribution >= 4 is 23.6 Å². The Morgan fingerprint density at radius 2 is 1.57 bits per heavy atom. The number of nitrogens with zero attached hydrogens (tertiary/aromatic N) is 2. The Labute approximate surface area is 303 Å². The molecule has 1 aliphatic rings. The predicted octanol–water partition coefficient (Wildman–Crippen LogP) is 3.93. The highest BCUT2D eigenvalue weighted by molar-refractivity contribution is 5.90. The van der Waals surface area contributed by atoms with Crippen LogP contribution in [-0.2, 0) is 35.1 Å². The van der Waals surface area contributed by atoms with E-state index in [9.17, 15) is 28.0 Å². The average molecular weight is 724 g/mol. The number of nitrogens with one attached hydrogen (secondary N) is 3. The number of rotatable bonds is 20. The number of benzene rings is 1. The molecule has 1 unspecified atom stereocenters. The second-order valence-corrected chi connectivity index (χ2v) is 14.6. The number of carbonyl (C=O) groups excluding carboxylic acids is 4. The van der Waals surface area contributed by atoms with Gasteiger partial charge in [-0.25, -0.2) is 8.78 Å². The van der Waals surface area contributed by atoms with E-state index >= 15 is 0 Å². The van der Waals surface area contributed by atoms with Crippen LogP contribution in [0.1, 0.15) is 79.7 Å². The Balaban J connectivity index is 2.21. The number of halogens is 2. The minimum Gasteiger partial charge on any atom is -0.379 e. The van der Waals surface area contributed by atoms with Gasteiger partial charge in [-0.3, -0.25) is 19.2 Å². The summed E-state index contributed by atoms with van der Waals surface area (Å²) in [6.07, 6.45) is 0.798. The lowest BCUT2D eigenvalue weighted by Gasteiger charge is -2.41. The van der Waals surface area contributed by atoms with Crippen LogP contribution in [0.4, 0.5) is 8.78 Å². The third-order valence-electron chi connectivity index (χ3n) is 10.5. The van der Waals surface area contributed by atoms with Crippen molar-refractivity contribution in [3.05, 3.63) is 35.4 Å². The van der Waals surface area contributed by atoms with E-state index in [0.717, 1.165) is 12.8 Å². The highest BCUT2D eigenvalue weighted by Gasteiger charge is 2.43. The van der Waals surface area contributed by atoms with E-state index in [-0.39, 0.29) is 72.4 Å². The van der Waals surface area contributed by atoms with Crippen LogP contribution < -0.4 is 16.0 Å². The number of hydrogen-bond donors (Lipinski definition) is 3. The average Bonchev–Trinajstić information content (AvgIpc) is 3.57. The van der Waals surface area contributed by atoms with Crippen LogP contribution >= 0.6 is 0 Å². The van der Waals surface area contributed by atoms with Crippen LogP contribution in [0.5, 0.6) is 0 Å². The Hall–Kier alpha value is -3.16. The highest BCUT2D eigenvalue weighted by Crippen LogP contribution is 2.29. The van der Waals surface area contributed by atoms with Crippen molar-refractivity contribution in [3.8, 4) is 0 Å². The normalized spacial score (nSPS) is 18.9. The van der Waals surface area contributed by atoms with Crippen LogP contribution in [0.25, 0.3) is 0 Å². The van der Waals surface area contributed by atoms with Gasteiger partial charge in [-0.2, -0.15) is 0 Å². The summed E-state index contributed by atoms with van der Waals surface area (Å²) in [6.45, 7) is 13.9. The molecule has 2 rings (SSSR count). The molecular formula is C38H63F2N5O6. The molecule has 1 saturated heterocycles. The van der Waals surface area contributed by atoms with Crippen molar-refractivity contribution in [1.82, 2.24) is 25.8 Å². The second kappa shape index (κ2) is 20.8. The molecule has 51 heavy (non-hydrogen) atoms. The first-order chi connectivity index (χ1) is 24.0. The molecule has 4 amide bonds. The SMILES string of the molecule is CC[C@H](C)C([C@@H](CC(=O)N1CCC[C@H]1[C@H](OC)[C@@H](C)C(=O)NCCc1c(F)cccc1F)OC)N(C)C(=O)[C@@H](NC(=O)[C@@H](NC)C(C)C)C(C)C. The Bertz CT molecular complexity index is 1280. The van der Waals surface area contributed by atoms with Crippen molar-refractivity contribution in [2.45, 2.75) is 117 Å². The lowest BCUT2D eigenvalue weighted by molar-refractivity contribution is -0.147. The van der Waals surface area contributed by atoms with Gasteiger partial charge in [0.25, 0.3) is 0 Å². The molecular weight excluding hydrogens is 660 g/mol. The monoisotopic (exact) mass is 723 g/mol. The van der Waals surface area contributed by atoms with E-state index < -0.39 is 47.9 Å². The van der Waals surface area contributed by atoms with E-state index in [1.165, 1.54) is 32.4 Å². The largest absolute Gasteiger partial charge is 0.379 e. The molecule has 1 aliphatic heterocycles. The van der Waals surface area contributed by atoms with Gasteiger partial charge in [0.05, 0.1) is 42.7 Å². The van der Waals surface area contributed by atoms with Gasteiger partial charge in [0.15, 0.2) is 0 Å². The predicted molar refractivity (Wildman–Crippen MR) is 194 cm³/mol. The Kier molecular flexibility index (Phi) is 17.9. The number of amides is 4. The summed E-state index contributed by atoms with van der Waals surface area (Å²) in [5.41, 5.74) is -0.0879. The molecule has 290 valence electrons. The van der Waals surface area contributed by atoms with Crippen LogP contribution in [0, 0.1) is 35.3 Å². The molecule has 1 fully saturated rings. The zero-order valence-corrected chi connectivity index (χ0v) is 32.6. The number of hydrogen-bond acceptors (Lipinski definition) is 7. The zero-order valence-electron chi connectivity index (χ0n) is 32.6. The minimum atomic E-state index is -0.777. The summed E-state index contributed by atoms with van der Waals surface area (Å²) >= 11 is 0. The molecule has 0 aliphatic carbocycles. The van der Waals surface area contributed by atoms with Crippen molar-refractivity contribution in [2.24, 2.45) is 23.7 Å². The maximum atomic E-state index is 14.1. The van der Waals surface area contributed by atoms with Crippen molar-refractivity contribution in [1.29, 1.82) is 0 Å². The van der Waals surface area contributed by atoms with Crippen molar-refractivity contribution < 1.29 is 37.4 Å². The summed E-state index contributed by atoms with van der Waals surface area (Å²) < 4.78 is 39.9. The first-order valence-electron chi connectivity index (χ1n) is 18.4. The quantitative estimate of drug-likeness (QED) is 0.186. The summed E-state index contributed by atoms with van der Waals surface area (Å²) in [4.78, 5) is 57.8. The number of likely N-dealkylation sites (tertiary alicyclic amines) is 1. The maximum absolute atomic E-state index is 14.1. The molecule has 0 saturated carbocycles. The highest BCUT2D eigenvalue weighted by atomic mass is 19.1. The van der Waals surface area contributed by atoms with Crippen LogP contribution in [0.3, 0.4) is 0 Å². The fourth-order valence-electron chi connectivity index (χ4n) is 7.29. The maximum Gasteiger partial charge on any atom is 0.245 e. The van der Waals surface area contributed by atoms with Gasteiger partial charge in [-0.15, -0.1) is 0 Å². The van der Waals surface area contributed by atoms with Crippen molar-refractivity contribution in [3.63, 3.8) is 0 Å². The molecule has 0 aromatic heterocycles. The molecule has 11 nitrogen and oxygen atoms in total. The van der Waals surface area contributed by atoms with E-state index in [1.54, 1.807) is 30.8 Å². The molecule has 1 heterocycles. The first-order valence-corrected chi connectivity index (χ1v) is 18.4. The van der Waals surface area contributed by atoms with Gasteiger partial charge in [-0.05, 0) is 56.2 Å². The van der Waals surface area contributed by atoms with Gasteiger partial charge >= 0.3 is 0 Å². The third-order valence-corrected chi connectivity index (χ3v) is 10.5. The van der Waals surface area contributed by atoms with Crippen LogP contribution in [0.2, 0.25) is 0 Å². The standard InChI is InChI=1S/C38H63F2N5O6/c1-12-24(6)34(44(9)38(49)33(23(4)5)43-37(48)32(41-8)22(2)3)30(50-10)21-31(46)45-20-14-17-29(45)35(51-11)25(7)36(47)42-19-18-26-27(39)15-13-16-28(26)40/h13,15-16,22-25,29-30,32-35,41H,12,14,17-21H2,1-11H3,(H,42,47)(H,43,48)/t24-,25+,29-,30+,32-,33-,34?,35+/m0/s1. The zero-order chi connectivity index (χ0) is 38.6. The summed E-state index contributed by atoms with van der Waals surface area (Å²) in [5, 5.41) is 8.76. The molecule has 13 heteroatoms. The third kappa shape index (κ3) is 11.4. The van der Waals surface area contributed by atoms with Gasteiger partial charge in [0, 0.05) is 39.9 Å². The van der Waals surface area contributed by atoms with Gasteiger partial charge in [-0.1, -0.05) is 61.0 Å². The van der Waals surface area contributed by atoms with Gasteiger partial charge < -0.3 is 35.2 Å². The fourth-order valence-corrected chi connectivity index (χ4v) is 7.29. The number of carbonyl (C=O) groups is 4. The molecule has 1 aromatic rings. The summed E-state index contributed by atoms with van der Waals surface area (Å²) in [5.74, 6) is -3.21. The number of ether oxygens (including phenoxy) is 2. The van der Waals surface area contributed by atoms with Crippen molar-refractivity contribution in [2.75, 3.05) is 41.4 Å². The van der Waals surface area contributed by atoms with Gasteiger partial charge in [0.1, 0.15) is 17.7 Å². The molecule has 1 aromatic carbocycles. The molecule has 3 N–H and O–H groups in total. The van der Waals surface area contributed by atoms with E-state index in [2.05, 4.69) is 16.0 Å². The van der Waals surface area contributed by atoms with E-state index in [4.69, 9.17) is 9.47 Å². The van der Waals surface area contributed by atoms with E-state index in [1.807, 2.05) is 41.5 Å². The summed E-state index contributed by atoms with van der Waals surface area (Å²) in [7, 11) is 6.46. The van der Waals surface area contributed by atoms with Crippen LogP contribution in [0.15, 0.2) is 18.2 Å². The lowest BCUT2D eigenvalue weighted by atomic mass is 9.89. The number of methoxy groups -OCH3 is 2. The molecule has 0 radical (unpaired) electrons. The molecule has 8 atom stereocenters. The molecule has 0 bridgehead atoms. The van der Waals surface area contributed by atoms with Gasteiger partial charge in [0.2, 0.25) is 23.6 Å². The first kappa shape index (κ1) is 44.0. The Morgan fingerprint density at radius 3 is 2.08 bits per heavy atom. The minimum absolute atomic E-state index is 0.00127. The second-order valence-electron chi connectivity index (χ2n) is 14.6. The number of likely N-dealkylation sites (N-methyl/N-ethyl adjacent to an activating group) is 2. The van der Waals surface area contributed by atoms with E-state index in [0.29, 0.717) is 13.0 Å². The topological polar surface area (TPSA) is 129 Å². The Morgan fingerprint density at radius 1 is 0.961 bits per heavy atom.